The first kappa shape index (κ1) is 11.6. The van der Waals surface area contributed by atoms with Crippen LogP contribution in [0.3, 0.4) is 0 Å². The molecular weight excluding hydrogens is 192 g/mol. The summed E-state index contributed by atoms with van der Waals surface area (Å²) in [7, 11) is 0. The number of terminal acetylenes is 1. The van der Waals surface area contributed by atoms with Gasteiger partial charge in [0.25, 0.3) is 0 Å². The van der Waals surface area contributed by atoms with E-state index in [1.165, 1.54) is 0 Å². The van der Waals surface area contributed by atoms with E-state index < -0.39 is 0 Å². The Hall–Kier alpha value is -1.50. The van der Waals surface area contributed by atoms with Crippen molar-refractivity contribution in [3.8, 4) is 12.3 Å². The zero-order chi connectivity index (χ0) is 11.4. The molecule has 0 aromatic rings. The third kappa shape index (κ3) is 2.50. The summed E-state index contributed by atoms with van der Waals surface area (Å²) in [4.78, 5) is 24.4. The molecule has 1 aliphatic heterocycles. The summed E-state index contributed by atoms with van der Waals surface area (Å²) in [5.74, 6) is 2.20. The second-order valence-corrected chi connectivity index (χ2v) is 3.82. The lowest BCUT2D eigenvalue weighted by Gasteiger charge is -2.35. The van der Waals surface area contributed by atoms with Crippen LogP contribution in [0.15, 0.2) is 0 Å². The average molecular weight is 208 g/mol. The predicted molar refractivity (Wildman–Crippen MR) is 56.9 cm³/mol. The predicted octanol–water partition coefficient (Wildman–Crippen LogP) is 0.976. The lowest BCUT2D eigenvalue weighted by atomic mass is 10.0. The van der Waals surface area contributed by atoms with E-state index >= 15 is 0 Å². The Labute approximate surface area is 90.0 Å². The van der Waals surface area contributed by atoms with Gasteiger partial charge in [-0.3, -0.25) is 10.1 Å². The number of urea groups is 1. The van der Waals surface area contributed by atoms with Crippen LogP contribution in [-0.4, -0.2) is 29.4 Å². The lowest BCUT2D eigenvalue weighted by molar-refractivity contribution is -0.125. The molecule has 4 heteroatoms. The second-order valence-electron chi connectivity index (χ2n) is 3.82. The fraction of sp³-hybridized carbons (Fsp3) is 0.636. The molecule has 0 aromatic carbocycles. The Balaban J connectivity index is 2.72. The van der Waals surface area contributed by atoms with Gasteiger partial charge in [0.1, 0.15) is 0 Å². The van der Waals surface area contributed by atoms with Crippen LogP contribution in [-0.2, 0) is 4.79 Å². The Bertz CT molecular complexity index is 306. The normalized spacial score (nSPS) is 23.3. The minimum atomic E-state index is -0.319. The third-order valence-corrected chi connectivity index (χ3v) is 2.67. The average Bonchev–Trinajstić information content (AvgIpc) is 2.20. The van der Waals surface area contributed by atoms with Crippen LogP contribution >= 0.6 is 0 Å². The zero-order valence-corrected chi connectivity index (χ0v) is 9.12. The summed E-state index contributed by atoms with van der Waals surface area (Å²) in [5.41, 5.74) is 0. The van der Waals surface area contributed by atoms with E-state index in [1.807, 2.05) is 6.92 Å². The van der Waals surface area contributed by atoms with Gasteiger partial charge in [-0.15, -0.1) is 12.3 Å². The monoisotopic (exact) mass is 208 g/mol. The fourth-order valence-electron chi connectivity index (χ4n) is 1.69. The van der Waals surface area contributed by atoms with Crippen LogP contribution < -0.4 is 5.32 Å². The van der Waals surface area contributed by atoms with Gasteiger partial charge in [-0.25, -0.2) is 4.79 Å². The Morgan fingerprint density at radius 1 is 1.67 bits per heavy atom. The van der Waals surface area contributed by atoms with Crippen LogP contribution in [0.25, 0.3) is 0 Å². The SMILES string of the molecule is C#CCC(CC)N1CC(C)C(=O)NC1=O. The number of hydrogen-bond acceptors (Lipinski definition) is 2. The number of nitrogens with zero attached hydrogens (tertiary/aromatic N) is 1. The molecule has 0 aliphatic carbocycles. The van der Waals surface area contributed by atoms with E-state index in [2.05, 4.69) is 11.2 Å². The molecular formula is C11H16N2O2. The van der Waals surface area contributed by atoms with Gasteiger partial charge in [0.2, 0.25) is 5.91 Å². The summed E-state index contributed by atoms with van der Waals surface area (Å²) in [5, 5.41) is 2.33. The number of amides is 3. The van der Waals surface area contributed by atoms with Crippen LogP contribution in [0.1, 0.15) is 26.7 Å². The summed E-state index contributed by atoms with van der Waals surface area (Å²) in [6.07, 6.45) is 6.58. The Morgan fingerprint density at radius 2 is 2.33 bits per heavy atom. The standard InChI is InChI=1S/C11H16N2O2/c1-4-6-9(5-2)13-7-8(3)10(14)12-11(13)15/h1,8-9H,5-7H2,2-3H3,(H,12,14,15). The van der Waals surface area contributed by atoms with Gasteiger partial charge in [0.05, 0.1) is 5.92 Å². The van der Waals surface area contributed by atoms with Crippen molar-refractivity contribution in [1.29, 1.82) is 0 Å². The Kier molecular flexibility index (Phi) is 3.73. The molecule has 1 rings (SSSR count). The van der Waals surface area contributed by atoms with Crippen LogP contribution in [0.2, 0.25) is 0 Å². The molecule has 1 N–H and O–H groups in total. The molecule has 2 atom stereocenters. The second kappa shape index (κ2) is 4.83. The molecule has 4 nitrogen and oxygen atoms in total. The number of nitrogens with one attached hydrogen (secondary N) is 1. The number of hydrogen-bond donors (Lipinski definition) is 1. The van der Waals surface area contributed by atoms with Gasteiger partial charge in [-0.2, -0.15) is 0 Å². The first-order chi connectivity index (χ1) is 7.10. The highest BCUT2D eigenvalue weighted by Crippen LogP contribution is 2.15. The van der Waals surface area contributed by atoms with Crippen molar-refractivity contribution in [3.05, 3.63) is 0 Å². The van der Waals surface area contributed by atoms with Crippen molar-refractivity contribution in [2.75, 3.05) is 6.54 Å². The summed E-state index contributed by atoms with van der Waals surface area (Å²) in [6, 6.07) is -0.286. The molecule has 15 heavy (non-hydrogen) atoms. The van der Waals surface area contributed by atoms with E-state index in [4.69, 9.17) is 6.42 Å². The van der Waals surface area contributed by atoms with E-state index in [0.29, 0.717) is 13.0 Å². The van der Waals surface area contributed by atoms with E-state index in [9.17, 15) is 9.59 Å². The number of carbonyl (C=O) groups excluding carboxylic acids is 2. The van der Waals surface area contributed by atoms with Gasteiger partial charge in [-0.1, -0.05) is 13.8 Å². The molecule has 2 unspecified atom stereocenters. The van der Waals surface area contributed by atoms with Crippen molar-refractivity contribution in [2.24, 2.45) is 5.92 Å². The van der Waals surface area contributed by atoms with E-state index in [0.717, 1.165) is 6.42 Å². The van der Waals surface area contributed by atoms with Crippen LogP contribution in [0, 0.1) is 18.3 Å². The molecule has 0 saturated carbocycles. The molecule has 1 aliphatic rings. The van der Waals surface area contributed by atoms with Crippen molar-refractivity contribution >= 4 is 11.9 Å². The fourth-order valence-corrected chi connectivity index (χ4v) is 1.69. The minimum Gasteiger partial charge on any atom is -0.320 e. The summed E-state index contributed by atoms with van der Waals surface area (Å²) >= 11 is 0. The van der Waals surface area contributed by atoms with Gasteiger partial charge >= 0.3 is 6.03 Å². The maximum Gasteiger partial charge on any atom is 0.324 e. The minimum absolute atomic E-state index is 0.0329. The summed E-state index contributed by atoms with van der Waals surface area (Å²) < 4.78 is 0. The molecule has 0 radical (unpaired) electrons. The third-order valence-electron chi connectivity index (χ3n) is 2.67. The highest BCUT2D eigenvalue weighted by molar-refractivity contribution is 5.97. The molecule has 82 valence electrons. The number of rotatable bonds is 3. The maximum absolute atomic E-state index is 11.6. The molecule has 1 saturated heterocycles. The lowest BCUT2D eigenvalue weighted by Crippen LogP contribution is -2.56. The molecule has 1 fully saturated rings. The molecule has 3 amide bonds. The number of imide groups is 1. The highest BCUT2D eigenvalue weighted by Gasteiger charge is 2.32. The van der Waals surface area contributed by atoms with E-state index in [1.54, 1.807) is 11.8 Å². The number of carbonyl (C=O) groups is 2. The molecule has 0 aromatic heterocycles. The zero-order valence-electron chi connectivity index (χ0n) is 9.12. The van der Waals surface area contributed by atoms with Gasteiger partial charge < -0.3 is 4.90 Å². The highest BCUT2D eigenvalue weighted by atomic mass is 16.2. The maximum atomic E-state index is 11.6. The van der Waals surface area contributed by atoms with Gasteiger partial charge in [0, 0.05) is 19.0 Å². The smallest absolute Gasteiger partial charge is 0.320 e. The van der Waals surface area contributed by atoms with Gasteiger partial charge in [0.15, 0.2) is 0 Å². The van der Waals surface area contributed by atoms with Crippen molar-refractivity contribution < 1.29 is 9.59 Å². The van der Waals surface area contributed by atoms with Crippen LogP contribution in [0.5, 0.6) is 0 Å². The molecule has 0 spiro atoms. The van der Waals surface area contributed by atoms with Crippen molar-refractivity contribution in [2.45, 2.75) is 32.7 Å². The topological polar surface area (TPSA) is 49.4 Å². The summed E-state index contributed by atoms with van der Waals surface area (Å²) in [6.45, 7) is 4.25. The largest absolute Gasteiger partial charge is 0.324 e. The van der Waals surface area contributed by atoms with Crippen LogP contribution in [0.4, 0.5) is 4.79 Å². The first-order valence-corrected chi connectivity index (χ1v) is 5.15. The molecule has 1 heterocycles. The molecule has 0 bridgehead atoms. The van der Waals surface area contributed by atoms with Crippen molar-refractivity contribution in [1.82, 2.24) is 10.2 Å². The van der Waals surface area contributed by atoms with Crippen molar-refractivity contribution in [3.63, 3.8) is 0 Å². The Morgan fingerprint density at radius 3 is 2.87 bits per heavy atom. The van der Waals surface area contributed by atoms with Gasteiger partial charge in [-0.05, 0) is 6.42 Å². The quantitative estimate of drug-likeness (QED) is 0.703. The van der Waals surface area contributed by atoms with E-state index in [-0.39, 0.29) is 23.9 Å². The first-order valence-electron chi connectivity index (χ1n) is 5.15.